The molecular formula is C15H19N3O2S. The van der Waals surface area contributed by atoms with Gasteiger partial charge in [-0.3, -0.25) is 4.79 Å². The second-order valence-corrected chi connectivity index (χ2v) is 6.55. The highest BCUT2D eigenvalue weighted by Gasteiger charge is 2.24. The van der Waals surface area contributed by atoms with Crippen LogP contribution in [0.3, 0.4) is 0 Å². The van der Waals surface area contributed by atoms with Gasteiger partial charge < -0.3 is 14.6 Å². The van der Waals surface area contributed by atoms with Crippen LogP contribution in [-0.2, 0) is 4.79 Å². The molecule has 2 aromatic rings. The van der Waals surface area contributed by atoms with E-state index in [4.69, 9.17) is 4.74 Å². The number of ether oxygens (including phenoxy) is 1. The number of thioether (sulfide) groups is 1. The molecule has 6 heteroatoms. The third-order valence-corrected chi connectivity index (χ3v) is 4.69. The summed E-state index contributed by atoms with van der Waals surface area (Å²) in [6.45, 7) is 3.72. The molecule has 1 aliphatic heterocycles. The van der Waals surface area contributed by atoms with E-state index in [0.717, 1.165) is 47.9 Å². The zero-order chi connectivity index (χ0) is 14.8. The topological polar surface area (TPSA) is 58.2 Å². The Morgan fingerprint density at radius 3 is 2.90 bits per heavy atom. The number of amides is 1. The SMILES string of the molecule is COc1ccc2nc(SC(C)C(=O)N3CCCC3)[nH]c2c1. The predicted octanol–water partition coefficient (Wildman–Crippen LogP) is 2.67. The molecule has 1 aromatic heterocycles. The van der Waals surface area contributed by atoms with Gasteiger partial charge >= 0.3 is 0 Å². The van der Waals surface area contributed by atoms with Gasteiger partial charge in [-0.25, -0.2) is 4.98 Å². The Morgan fingerprint density at radius 2 is 2.19 bits per heavy atom. The predicted molar refractivity (Wildman–Crippen MR) is 83.8 cm³/mol. The Hall–Kier alpha value is -1.69. The highest BCUT2D eigenvalue weighted by atomic mass is 32.2. The average Bonchev–Trinajstić information content (AvgIpc) is 3.14. The lowest BCUT2D eigenvalue weighted by Gasteiger charge is -2.19. The monoisotopic (exact) mass is 305 g/mol. The Balaban J connectivity index is 1.73. The minimum atomic E-state index is -0.120. The molecule has 0 aliphatic carbocycles. The molecule has 2 heterocycles. The van der Waals surface area contributed by atoms with Crippen molar-refractivity contribution in [3.8, 4) is 5.75 Å². The zero-order valence-electron chi connectivity index (χ0n) is 12.3. The summed E-state index contributed by atoms with van der Waals surface area (Å²) in [5.41, 5.74) is 1.82. The van der Waals surface area contributed by atoms with E-state index in [1.807, 2.05) is 30.0 Å². The Bertz CT molecular complexity index is 649. The highest BCUT2D eigenvalue weighted by Crippen LogP contribution is 2.27. The van der Waals surface area contributed by atoms with Gasteiger partial charge in [0.1, 0.15) is 5.75 Å². The van der Waals surface area contributed by atoms with Crippen LogP contribution in [0.2, 0.25) is 0 Å². The first-order chi connectivity index (χ1) is 10.2. The first-order valence-corrected chi connectivity index (χ1v) is 8.04. The Morgan fingerprint density at radius 1 is 1.43 bits per heavy atom. The molecule has 1 atom stereocenters. The number of nitrogens with zero attached hydrogens (tertiary/aromatic N) is 2. The standard InChI is InChI=1S/C15H19N3O2S/c1-10(14(19)18-7-3-4-8-18)21-15-16-12-6-5-11(20-2)9-13(12)17-15/h5-6,9-10H,3-4,7-8H2,1-2H3,(H,16,17). The summed E-state index contributed by atoms with van der Waals surface area (Å²) in [4.78, 5) is 22.0. The van der Waals surface area contributed by atoms with Crippen molar-refractivity contribution in [2.75, 3.05) is 20.2 Å². The number of hydrogen-bond donors (Lipinski definition) is 1. The largest absolute Gasteiger partial charge is 0.497 e. The molecule has 0 saturated carbocycles. The second-order valence-electron chi connectivity index (χ2n) is 5.22. The summed E-state index contributed by atoms with van der Waals surface area (Å²) in [5, 5.41) is 0.656. The van der Waals surface area contributed by atoms with Crippen molar-refractivity contribution in [3.05, 3.63) is 18.2 Å². The average molecular weight is 305 g/mol. The van der Waals surface area contributed by atoms with Gasteiger partial charge in [-0.15, -0.1) is 0 Å². The fourth-order valence-corrected chi connectivity index (χ4v) is 3.47. The van der Waals surface area contributed by atoms with Crippen molar-refractivity contribution in [2.24, 2.45) is 0 Å². The maximum Gasteiger partial charge on any atom is 0.235 e. The summed E-state index contributed by atoms with van der Waals surface area (Å²) >= 11 is 1.48. The number of aromatic nitrogens is 2. The van der Waals surface area contributed by atoms with Gasteiger partial charge in [0, 0.05) is 19.2 Å². The molecule has 0 bridgehead atoms. The molecule has 1 amide bonds. The van der Waals surface area contributed by atoms with Crippen LogP contribution >= 0.6 is 11.8 Å². The maximum atomic E-state index is 12.3. The van der Waals surface area contributed by atoms with Crippen molar-refractivity contribution < 1.29 is 9.53 Å². The van der Waals surface area contributed by atoms with Gasteiger partial charge in [-0.05, 0) is 31.9 Å². The number of nitrogens with one attached hydrogen (secondary N) is 1. The number of hydrogen-bond acceptors (Lipinski definition) is 4. The number of fused-ring (bicyclic) bond motifs is 1. The Kier molecular flexibility index (Phi) is 4.05. The molecule has 1 aromatic carbocycles. The normalized spacial score (nSPS) is 16.4. The van der Waals surface area contributed by atoms with E-state index in [1.54, 1.807) is 7.11 Å². The molecule has 1 N–H and O–H groups in total. The first kappa shape index (κ1) is 14.3. The number of carbonyl (C=O) groups excluding carboxylic acids is 1. The lowest BCUT2D eigenvalue weighted by atomic mass is 10.3. The summed E-state index contributed by atoms with van der Waals surface area (Å²) in [5.74, 6) is 0.999. The Labute approximate surface area is 128 Å². The molecule has 1 saturated heterocycles. The lowest BCUT2D eigenvalue weighted by molar-refractivity contribution is -0.129. The van der Waals surface area contributed by atoms with Crippen molar-refractivity contribution in [2.45, 2.75) is 30.2 Å². The van der Waals surface area contributed by atoms with Gasteiger partial charge in [-0.2, -0.15) is 0 Å². The first-order valence-electron chi connectivity index (χ1n) is 7.16. The van der Waals surface area contributed by atoms with Crippen LogP contribution in [0, 0.1) is 0 Å². The van der Waals surface area contributed by atoms with Crippen LogP contribution in [0.15, 0.2) is 23.4 Å². The van der Waals surface area contributed by atoms with E-state index in [2.05, 4.69) is 9.97 Å². The van der Waals surface area contributed by atoms with Crippen LogP contribution in [0.4, 0.5) is 0 Å². The van der Waals surface area contributed by atoms with Gasteiger partial charge in [0.2, 0.25) is 5.91 Å². The molecule has 3 rings (SSSR count). The molecule has 0 radical (unpaired) electrons. The van der Waals surface area contributed by atoms with Gasteiger partial charge in [0.25, 0.3) is 0 Å². The van der Waals surface area contributed by atoms with E-state index in [1.165, 1.54) is 11.8 Å². The second kappa shape index (κ2) is 5.97. The number of methoxy groups -OCH3 is 1. The molecule has 21 heavy (non-hydrogen) atoms. The van der Waals surface area contributed by atoms with Crippen molar-refractivity contribution in [1.82, 2.24) is 14.9 Å². The molecule has 1 aliphatic rings. The molecular weight excluding hydrogens is 286 g/mol. The van der Waals surface area contributed by atoms with E-state index in [0.29, 0.717) is 0 Å². The van der Waals surface area contributed by atoms with E-state index < -0.39 is 0 Å². The van der Waals surface area contributed by atoms with Gasteiger partial charge in [0.15, 0.2) is 5.16 Å². The summed E-state index contributed by atoms with van der Waals surface area (Å²) < 4.78 is 5.20. The summed E-state index contributed by atoms with van der Waals surface area (Å²) in [6.07, 6.45) is 2.24. The number of carbonyl (C=O) groups is 1. The van der Waals surface area contributed by atoms with E-state index in [9.17, 15) is 4.79 Å². The number of likely N-dealkylation sites (tertiary alicyclic amines) is 1. The van der Waals surface area contributed by atoms with Crippen LogP contribution in [-0.4, -0.2) is 46.2 Å². The smallest absolute Gasteiger partial charge is 0.235 e. The summed E-state index contributed by atoms with van der Waals surface area (Å²) in [7, 11) is 1.64. The number of benzene rings is 1. The number of aromatic amines is 1. The number of imidazole rings is 1. The van der Waals surface area contributed by atoms with E-state index >= 15 is 0 Å². The van der Waals surface area contributed by atoms with Crippen LogP contribution in [0.5, 0.6) is 5.75 Å². The lowest BCUT2D eigenvalue weighted by Crippen LogP contribution is -2.34. The quantitative estimate of drug-likeness (QED) is 0.882. The van der Waals surface area contributed by atoms with Gasteiger partial charge in [0.05, 0.1) is 23.4 Å². The maximum absolute atomic E-state index is 12.3. The number of H-pyrrole nitrogens is 1. The molecule has 5 nitrogen and oxygen atoms in total. The molecule has 1 unspecified atom stereocenters. The van der Waals surface area contributed by atoms with Crippen molar-refractivity contribution >= 4 is 28.7 Å². The van der Waals surface area contributed by atoms with Crippen LogP contribution < -0.4 is 4.74 Å². The zero-order valence-corrected chi connectivity index (χ0v) is 13.1. The fraction of sp³-hybridized carbons (Fsp3) is 0.467. The minimum Gasteiger partial charge on any atom is -0.497 e. The van der Waals surface area contributed by atoms with E-state index in [-0.39, 0.29) is 11.2 Å². The van der Waals surface area contributed by atoms with Gasteiger partial charge in [-0.1, -0.05) is 11.8 Å². The number of rotatable bonds is 4. The fourth-order valence-electron chi connectivity index (χ4n) is 2.56. The molecule has 1 fully saturated rings. The van der Waals surface area contributed by atoms with Crippen LogP contribution in [0.25, 0.3) is 11.0 Å². The third-order valence-electron chi connectivity index (χ3n) is 3.72. The molecule has 112 valence electrons. The molecule has 0 spiro atoms. The van der Waals surface area contributed by atoms with Crippen molar-refractivity contribution in [1.29, 1.82) is 0 Å². The minimum absolute atomic E-state index is 0.120. The highest BCUT2D eigenvalue weighted by molar-refractivity contribution is 8.00. The van der Waals surface area contributed by atoms with Crippen molar-refractivity contribution in [3.63, 3.8) is 0 Å². The summed E-state index contributed by atoms with van der Waals surface area (Å²) in [6, 6.07) is 5.72. The van der Waals surface area contributed by atoms with Crippen LogP contribution in [0.1, 0.15) is 19.8 Å². The third kappa shape index (κ3) is 3.00.